The van der Waals surface area contributed by atoms with E-state index in [0.717, 1.165) is 6.54 Å². The van der Waals surface area contributed by atoms with Crippen LogP contribution in [0.3, 0.4) is 0 Å². The number of anilines is 1. The molecule has 0 saturated carbocycles. The van der Waals surface area contributed by atoms with Crippen molar-refractivity contribution in [2.24, 2.45) is 0 Å². The molecule has 0 N–H and O–H groups in total. The number of nitrogens with zero attached hydrogens (tertiary/aromatic N) is 1. The molecular weight excluding hydrogens is 364 g/mol. The number of benzene rings is 1. The number of hydrogen-bond acceptors (Lipinski definition) is 1. The Morgan fingerprint density at radius 1 is 1.36 bits per heavy atom. The maximum atomic E-state index is 2.41. The molecule has 0 spiro atoms. The summed E-state index contributed by atoms with van der Waals surface area (Å²) in [7, 11) is 0. The lowest BCUT2D eigenvalue weighted by atomic mass is 10.2. The molecule has 1 heterocycles. The van der Waals surface area contributed by atoms with Crippen LogP contribution in [0, 0.1) is 3.57 Å². The quantitative estimate of drug-likeness (QED) is 0.501. The molecular formula is C8H7I2N. The summed E-state index contributed by atoms with van der Waals surface area (Å²) >= 11 is 4.78. The Bertz CT molecular complexity index is 285. The third-order valence-corrected chi connectivity index (χ3v) is 3.93. The molecule has 0 unspecified atom stereocenters. The lowest BCUT2D eigenvalue weighted by molar-refractivity contribution is 1.07. The maximum absolute atomic E-state index is 2.41. The molecule has 0 bridgehead atoms. The van der Waals surface area contributed by atoms with Gasteiger partial charge in [-0.25, -0.2) is 0 Å². The van der Waals surface area contributed by atoms with Gasteiger partial charge >= 0.3 is 0 Å². The molecule has 0 aliphatic carbocycles. The largest absolute Gasteiger partial charge is 0.314 e. The van der Waals surface area contributed by atoms with Gasteiger partial charge in [0.2, 0.25) is 0 Å². The van der Waals surface area contributed by atoms with Crippen LogP contribution in [-0.4, -0.2) is 6.54 Å². The highest BCUT2D eigenvalue weighted by Crippen LogP contribution is 2.33. The second kappa shape index (κ2) is 3.08. The number of fused-ring (bicyclic) bond motifs is 1. The average molecular weight is 371 g/mol. The van der Waals surface area contributed by atoms with Crippen molar-refractivity contribution >= 4 is 51.1 Å². The molecule has 1 aromatic rings. The van der Waals surface area contributed by atoms with Crippen LogP contribution in [-0.2, 0) is 6.42 Å². The fourth-order valence-corrected chi connectivity index (χ4v) is 2.80. The van der Waals surface area contributed by atoms with E-state index in [4.69, 9.17) is 0 Å². The number of rotatable bonds is 0. The van der Waals surface area contributed by atoms with Gasteiger partial charge in [0.05, 0.1) is 22.9 Å². The number of hydrogen-bond donors (Lipinski definition) is 0. The van der Waals surface area contributed by atoms with E-state index in [9.17, 15) is 0 Å². The van der Waals surface area contributed by atoms with Crippen LogP contribution in [0.4, 0.5) is 5.69 Å². The van der Waals surface area contributed by atoms with Gasteiger partial charge in [-0.3, -0.25) is 0 Å². The monoisotopic (exact) mass is 371 g/mol. The van der Waals surface area contributed by atoms with Crippen molar-refractivity contribution < 1.29 is 0 Å². The van der Waals surface area contributed by atoms with Crippen LogP contribution in [0.15, 0.2) is 18.2 Å². The van der Waals surface area contributed by atoms with E-state index >= 15 is 0 Å². The van der Waals surface area contributed by atoms with Gasteiger partial charge in [0, 0.05) is 15.8 Å². The highest BCUT2D eigenvalue weighted by atomic mass is 127. The van der Waals surface area contributed by atoms with E-state index < -0.39 is 0 Å². The lowest BCUT2D eigenvalue weighted by Gasteiger charge is -2.08. The summed E-state index contributed by atoms with van der Waals surface area (Å²) in [6.07, 6.45) is 1.21. The van der Waals surface area contributed by atoms with Gasteiger partial charge in [-0.1, -0.05) is 6.07 Å². The predicted octanol–water partition coefficient (Wildman–Crippen LogP) is 3.00. The Kier molecular flexibility index (Phi) is 2.27. The van der Waals surface area contributed by atoms with Gasteiger partial charge in [-0.15, -0.1) is 0 Å². The molecule has 11 heavy (non-hydrogen) atoms. The normalized spacial score (nSPS) is 15.3. The highest BCUT2D eigenvalue weighted by molar-refractivity contribution is 14.1. The van der Waals surface area contributed by atoms with E-state index in [1.165, 1.54) is 21.2 Å². The molecule has 2 rings (SSSR count). The number of halogens is 2. The molecule has 58 valence electrons. The summed E-state index contributed by atoms with van der Waals surface area (Å²) in [6, 6.07) is 6.49. The minimum Gasteiger partial charge on any atom is -0.314 e. The van der Waals surface area contributed by atoms with Crippen molar-refractivity contribution in [1.29, 1.82) is 0 Å². The zero-order chi connectivity index (χ0) is 7.84. The van der Waals surface area contributed by atoms with Crippen molar-refractivity contribution in [1.82, 2.24) is 0 Å². The molecule has 1 aliphatic rings. The Labute approximate surface area is 93.8 Å². The van der Waals surface area contributed by atoms with Gasteiger partial charge in [0.1, 0.15) is 0 Å². The second-order valence-corrected chi connectivity index (χ2v) is 4.90. The van der Waals surface area contributed by atoms with Gasteiger partial charge in [-0.2, -0.15) is 0 Å². The summed E-state index contributed by atoms with van der Waals surface area (Å²) in [5.41, 5.74) is 2.92. The third kappa shape index (κ3) is 1.37. The van der Waals surface area contributed by atoms with E-state index in [1.807, 2.05) is 0 Å². The Morgan fingerprint density at radius 3 is 2.91 bits per heavy atom. The molecule has 0 atom stereocenters. The summed E-state index contributed by atoms with van der Waals surface area (Å²) in [5, 5.41) is 0. The van der Waals surface area contributed by atoms with Gasteiger partial charge < -0.3 is 3.11 Å². The van der Waals surface area contributed by atoms with E-state index in [0.29, 0.717) is 0 Å². The van der Waals surface area contributed by atoms with E-state index in [-0.39, 0.29) is 0 Å². The second-order valence-electron chi connectivity index (χ2n) is 2.57. The van der Waals surface area contributed by atoms with Crippen LogP contribution in [0.5, 0.6) is 0 Å². The molecule has 0 radical (unpaired) electrons. The first kappa shape index (κ1) is 8.10. The zero-order valence-corrected chi connectivity index (χ0v) is 10.2. The molecule has 0 saturated heterocycles. The van der Waals surface area contributed by atoms with Crippen molar-refractivity contribution in [3.8, 4) is 0 Å². The first-order valence-corrected chi connectivity index (χ1v) is 5.54. The van der Waals surface area contributed by atoms with Crippen LogP contribution in [0.25, 0.3) is 0 Å². The van der Waals surface area contributed by atoms with Crippen LogP contribution in [0.1, 0.15) is 5.56 Å². The van der Waals surface area contributed by atoms with Crippen LogP contribution in [0.2, 0.25) is 0 Å². The van der Waals surface area contributed by atoms with Crippen molar-refractivity contribution in [3.05, 3.63) is 27.3 Å². The standard InChI is InChI=1S/C8H7I2N/c9-7-2-1-3-8-6(7)4-5-11(8)10/h1-3H,4-5H2. The molecule has 3 heteroatoms. The molecule has 1 aromatic carbocycles. The van der Waals surface area contributed by atoms with Crippen molar-refractivity contribution in [3.63, 3.8) is 0 Å². The Balaban J connectivity index is 2.57. The Morgan fingerprint density at radius 2 is 2.18 bits per heavy atom. The van der Waals surface area contributed by atoms with Gasteiger partial charge in [0.15, 0.2) is 0 Å². The maximum Gasteiger partial charge on any atom is 0.0591 e. The molecule has 0 amide bonds. The minimum atomic E-state index is 1.16. The lowest BCUT2D eigenvalue weighted by Crippen LogP contribution is -2.02. The molecule has 1 aliphatic heterocycles. The minimum absolute atomic E-state index is 1.16. The average Bonchev–Trinajstić information content (AvgIpc) is 2.35. The fraction of sp³-hybridized carbons (Fsp3) is 0.250. The summed E-state index contributed by atoms with van der Waals surface area (Å²) in [6.45, 7) is 1.16. The fourth-order valence-electron chi connectivity index (χ4n) is 1.35. The van der Waals surface area contributed by atoms with E-state index in [2.05, 4.69) is 66.8 Å². The SMILES string of the molecule is Ic1cccc2c1CCN2I. The molecule has 0 aromatic heterocycles. The topological polar surface area (TPSA) is 3.24 Å². The van der Waals surface area contributed by atoms with Crippen molar-refractivity contribution in [2.45, 2.75) is 6.42 Å². The summed E-state index contributed by atoms with van der Waals surface area (Å²) < 4.78 is 3.69. The van der Waals surface area contributed by atoms with Crippen LogP contribution < -0.4 is 3.11 Å². The first-order chi connectivity index (χ1) is 5.29. The van der Waals surface area contributed by atoms with Crippen LogP contribution >= 0.6 is 45.5 Å². The first-order valence-electron chi connectivity index (χ1n) is 3.50. The summed E-state index contributed by atoms with van der Waals surface area (Å²) in [5.74, 6) is 0. The summed E-state index contributed by atoms with van der Waals surface area (Å²) in [4.78, 5) is 0. The Hall–Kier alpha value is 0.480. The van der Waals surface area contributed by atoms with Gasteiger partial charge in [-0.05, 0) is 46.7 Å². The third-order valence-electron chi connectivity index (χ3n) is 1.91. The predicted molar refractivity (Wildman–Crippen MR) is 64.2 cm³/mol. The smallest absolute Gasteiger partial charge is 0.0591 e. The van der Waals surface area contributed by atoms with Gasteiger partial charge in [0.25, 0.3) is 0 Å². The van der Waals surface area contributed by atoms with Crippen molar-refractivity contribution in [2.75, 3.05) is 9.66 Å². The zero-order valence-electron chi connectivity index (χ0n) is 5.85. The molecule has 0 fully saturated rings. The van der Waals surface area contributed by atoms with E-state index in [1.54, 1.807) is 0 Å². The molecule has 1 nitrogen and oxygen atoms in total. The highest BCUT2D eigenvalue weighted by Gasteiger charge is 2.17.